The SMILES string of the molecule is COc1ccc(N(C)C(=O)CN2C(=O)c3ccccc3C2=O)c(OC)c1COc1cccc2ccc(C)nc12. The highest BCUT2D eigenvalue weighted by atomic mass is 16.5. The van der Waals surface area contributed by atoms with Crippen molar-refractivity contribution in [2.75, 3.05) is 32.7 Å². The molecular weight excluding hydrogens is 498 g/mol. The van der Waals surface area contributed by atoms with E-state index in [0.717, 1.165) is 21.5 Å². The number of amides is 3. The number of ether oxygens (including phenoxy) is 3. The van der Waals surface area contributed by atoms with E-state index >= 15 is 0 Å². The molecular formula is C30H27N3O6. The maximum Gasteiger partial charge on any atom is 0.262 e. The Balaban J connectivity index is 1.41. The van der Waals surface area contributed by atoms with Crippen LogP contribution in [0.25, 0.3) is 10.9 Å². The molecule has 1 aromatic heterocycles. The number of aromatic nitrogens is 1. The van der Waals surface area contributed by atoms with E-state index in [-0.39, 0.29) is 17.7 Å². The smallest absolute Gasteiger partial charge is 0.262 e. The van der Waals surface area contributed by atoms with Crippen LogP contribution < -0.4 is 19.1 Å². The van der Waals surface area contributed by atoms with Crippen LogP contribution in [-0.2, 0) is 11.4 Å². The predicted octanol–water partition coefficient (Wildman–Crippen LogP) is 4.40. The van der Waals surface area contributed by atoms with E-state index in [1.165, 1.54) is 19.1 Å². The Kier molecular flexibility index (Phi) is 6.89. The fourth-order valence-corrected chi connectivity index (χ4v) is 4.66. The van der Waals surface area contributed by atoms with E-state index in [0.29, 0.717) is 28.5 Å². The first-order valence-electron chi connectivity index (χ1n) is 12.3. The molecule has 0 spiro atoms. The summed E-state index contributed by atoms with van der Waals surface area (Å²) in [6.45, 7) is 1.58. The van der Waals surface area contributed by atoms with Gasteiger partial charge < -0.3 is 19.1 Å². The lowest BCUT2D eigenvalue weighted by atomic mass is 10.1. The molecule has 9 heteroatoms. The zero-order valence-electron chi connectivity index (χ0n) is 22.1. The molecule has 198 valence electrons. The Morgan fingerprint density at radius 2 is 1.59 bits per heavy atom. The maximum absolute atomic E-state index is 13.3. The quantitative estimate of drug-likeness (QED) is 0.315. The molecule has 5 rings (SSSR count). The third-order valence-electron chi connectivity index (χ3n) is 6.72. The molecule has 0 unspecified atom stereocenters. The van der Waals surface area contributed by atoms with E-state index in [1.54, 1.807) is 43.4 Å². The lowest BCUT2D eigenvalue weighted by molar-refractivity contribution is -0.118. The second-order valence-corrected chi connectivity index (χ2v) is 9.06. The number of imide groups is 1. The molecule has 0 fully saturated rings. The van der Waals surface area contributed by atoms with Crippen molar-refractivity contribution in [3.8, 4) is 17.2 Å². The molecule has 1 aliphatic heterocycles. The summed E-state index contributed by atoms with van der Waals surface area (Å²) in [5.74, 6) is 0.0339. The standard InChI is InChI=1S/C30H27N3O6/c1-18-12-13-19-8-7-11-25(27(19)31-18)39-17-22-24(37-3)15-14-23(28(22)38-4)32(2)26(34)16-33-29(35)20-9-5-6-10-21(20)30(33)36/h5-15H,16-17H2,1-4H3. The van der Waals surface area contributed by atoms with Gasteiger partial charge in [-0.25, -0.2) is 4.98 Å². The van der Waals surface area contributed by atoms with Gasteiger partial charge in [0.05, 0.1) is 36.6 Å². The minimum atomic E-state index is -0.493. The summed E-state index contributed by atoms with van der Waals surface area (Å²) in [5, 5.41) is 0.948. The van der Waals surface area contributed by atoms with Crippen molar-refractivity contribution in [3.63, 3.8) is 0 Å². The third-order valence-corrected chi connectivity index (χ3v) is 6.72. The van der Waals surface area contributed by atoms with Crippen LogP contribution in [0.4, 0.5) is 5.69 Å². The third kappa shape index (κ3) is 4.63. The molecule has 39 heavy (non-hydrogen) atoms. The topological polar surface area (TPSA) is 98.3 Å². The fourth-order valence-electron chi connectivity index (χ4n) is 4.66. The Labute approximate surface area is 225 Å². The number of para-hydroxylation sites is 1. The van der Waals surface area contributed by atoms with Gasteiger partial charge in [-0.1, -0.05) is 30.3 Å². The van der Waals surface area contributed by atoms with E-state index in [9.17, 15) is 14.4 Å². The largest absolute Gasteiger partial charge is 0.496 e. The van der Waals surface area contributed by atoms with Crippen LogP contribution in [-0.4, -0.2) is 55.4 Å². The van der Waals surface area contributed by atoms with Gasteiger partial charge in [0, 0.05) is 18.1 Å². The van der Waals surface area contributed by atoms with Crippen LogP contribution in [0.3, 0.4) is 0 Å². The van der Waals surface area contributed by atoms with Gasteiger partial charge in [-0.15, -0.1) is 0 Å². The van der Waals surface area contributed by atoms with Crippen molar-refractivity contribution in [2.45, 2.75) is 13.5 Å². The molecule has 9 nitrogen and oxygen atoms in total. The fraction of sp³-hybridized carbons (Fsp3) is 0.200. The monoisotopic (exact) mass is 525 g/mol. The number of carbonyl (C=O) groups excluding carboxylic acids is 3. The van der Waals surface area contributed by atoms with Gasteiger partial charge >= 0.3 is 0 Å². The first-order chi connectivity index (χ1) is 18.8. The maximum atomic E-state index is 13.3. The van der Waals surface area contributed by atoms with Crippen LogP contribution in [0, 0.1) is 6.92 Å². The number of fused-ring (bicyclic) bond motifs is 2. The Hall–Kier alpha value is -4.92. The summed E-state index contributed by atoms with van der Waals surface area (Å²) in [7, 11) is 4.60. The first-order valence-corrected chi connectivity index (χ1v) is 12.3. The van der Waals surface area contributed by atoms with Gasteiger partial charge in [0.1, 0.15) is 30.2 Å². The zero-order valence-corrected chi connectivity index (χ0v) is 22.1. The van der Waals surface area contributed by atoms with Crippen molar-refractivity contribution >= 4 is 34.3 Å². The van der Waals surface area contributed by atoms with Crippen LogP contribution in [0.15, 0.2) is 66.7 Å². The van der Waals surface area contributed by atoms with E-state index in [2.05, 4.69) is 4.98 Å². The lowest BCUT2D eigenvalue weighted by Crippen LogP contribution is -2.41. The number of rotatable bonds is 8. The van der Waals surface area contributed by atoms with Crippen LogP contribution >= 0.6 is 0 Å². The number of benzene rings is 3. The molecule has 3 aromatic carbocycles. The normalized spacial score (nSPS) is 12.5. The highest BCUT2D eigenvalue weighted by Crippen LogP contribution is 2.39. The Morgan fingerprint density at radius 3 is 2.26 bits per heavy atom. The molecule has 2 heterocycles. The van der Waals surface area contributed by atoms with E-state index < -0.39 is 24.3 Å². The molecule has 0 N–H and O–H groups in total. The number of anilines is 1. The number of methoxy groups -OCH3 is 2. The van der Waals surface area contributed by atoms with Gasteiger partial charge in [-0.3, -0.25) is 19.3 Å². The highest BCUT2D eigenvalue weighted by molar-refractivity contribution is 6.22. The van der Waals surface area contributed by atoms with Gasteiger partial charge in [0.25, 0.3) is 11.8 Å². The summed E-state index contributed by atoms with van der Waals surface area (Å²) in [6, 6.07) is 19.6. The van der Waals surface area contributed by atoms with Crippen LogP contribution in [0.5, 0.6) is 17.2 Å². The van der Waals surface area contributed by atoms with E-state index in [4.69, 9.17) is 14.2 Å². The van der Waals surface area contributed by atoms with E-state index in [1.807, 2.05) is 37.3 Å². The highest BCUT2D eigenvalue weighted by Gasteiger charge is 2.37. The molecule has 0 radical (unpaired) electrons. The predicted molar refractivity (Wildman–Crippen MR) is 146 cm³/mol. The minimum absolute atomic E-state index is 0.0787. The Bertz CT molecular complexity index is 1580. The Morgan fingerprint density at radius 1 is 0.872 bits per heavy atom. The summed E-state index contributed by atoms with van der Waals surface area (Å²) >= 11 is 0. The van der Waals surface area contributed by atoms with Crippen LogP contribution in [0.2, 0.25) is 0 Å². The molecule has 0 bridgehead atoms. The number of carbonyl (C=O) groups is 3. The van der Waals surface area contributed by atoms with Crippen molar-refractivity contribution in [1.82, 2.24) is 9.88 Å². The summed E-state index contributed by atoms with van der Waals surface area (Å²) < 4.78 is 17.5. The van der Waals surface area contributed by atoms with Crippen molar-refractivity contribution in [3.05, 3.63) is 89.1 Å². The summed E-state index contributed by atoms with van der Waals surface area (Å²) in [5.41, 5.74) is 3.21. The molecule has 0 aliphatic carbocycles. The second kappa shape index (κ2) is 10.4. The average Bonchev–Trinajstić information content (AvgIpc) is 3.19. The number of hydrogen-bond acceptors (Lipinski definition) is 7. The number of nitrogens with zero attached hydrogens (tertiary/aromatic N) is 3. The van der Waals surface area contributed by atoms with Crippen LogP contribution in [0.1, 0.15) is 32.0 Å². The van der Waals surface area contributed by atoms with Crippen molar-refractivity contribution in [2.24, 2.45) is 0 Å². The van der Waals surface area contributed by atoms with Crippen molar-refractivity contribution < 1.29 is 28.6 Å². The molecule has 0 saturated carbocycles. The number of hydrogen-bond donors (Lipinski definition) is 0. The molecule has 4 aromatic rings. The molecule has 0 saturated heterocycles. The summed E-state index contributed by atoms with van der Waals surface area (Å²) in [6.07, 6.45) is 0. The zero-order chi connectivity index (χ0) is 27.7. The van der Waals surface area contributed by atoms with Gasteiger partial charge in [-0.2, -0.15) is 0 Å². The lowest BCUT2D eigenvalue weighted by Gasteiger charge is -2.25. The average molecular weight is 526 g/mol. The summed E-state index contributed by atoms with van der Waals surface area (Å²) in [4.78, 5) is 45.8. The van der Waals surface area contributed by atoms with Gasteiger partial charge in [-0.05, 0) is 43.3 Å². The van der Waals surface area contributed by atoms with Gasteiger partial charge in [0.2, 0.25) is 5.91 Å². The number of aryl methyl sites for hydroxylation is 1. The number of likely N-dealkylation sites (N-methyl/N-ethyl adjacent to an activating group) is 1. The minimum Gasteiger partial charge on any atom is -0.496 e. The van der Waals surface area contributed by atoms with Gasteiger partial charge in [0.15, 0.2) is 5.75 Å². The molecule has 1 aliphatic rings. The molecule has 0 atom stereocenters. The van der Waals surface area contributed by atoms with Crippen molar-refractivity contribution in [1.29, 1.82) is 0 Å². The molecule has 3 amide bonds. The second-order valence-electron chi connectivity index (χ2n) is 9.06. The number of pyridine rings is 1. The first kappa shape index (κ1) is 25.7.